The fourth-order valence-corrected chi connectivity index (χ4v) is 3.25. The van der Waals surface area contributed by atoms with Gasteiger partial charge in [-0.25, -0.2) is 4.39 Å². The monoisotopic (exact) mass is 381 g/mol. The van der Waals surface area contributed by atoms with E-state index in [1.54, 1.807) is 10.7 Å². The molecule has 28 heavy (non-hydrogen) atoms. The van der Waals surface area contributed by atoms with E-state index in [1.165, 1.54) is 12.1 Å². The molecule has 0 aliphatic heterocycles. The first-order valence-corrected chi connectivity index (χ1v) is 9.33. The molecule has 1 N–H and O–H groups in total. The number of aliphatic hydroxyl groups excluding tert-OH is 1. The van der Waals surface area contributed by atoms with E-state index in [4.69, 9.17) is 0 Å². The van der Waals surface area contributed by atoms with Gasteiger partial charge in [0.05, 0.1) is 12.3 Å². The molecule has 0 amide bonds. The minimum atomic E-state index is -0.400. The molecular formula is C21H24FN5O. The van der Waals surface area contributed by atoms with Gasteiger partial charge in [-0.1, -0.05) is 20.3 Å². The van der Waals surface area contributed by atoms with Crippen LogP contribution in [0, 0.1) is 23.1 Å². The molecule has 0 radical (unpaired) electrons. The summed E-state index contributed by atoms with van der Waals surface area (Å²) < 4.78 is 17.1. The molecule has 3 rings (SSSR count). The molecule has 0 saturated carbocycles. The molecule has 1 unspecified atom stereocenters. The standard InChI is InChI=1S/C21H24FN5O/c1-4-14(2)10-27-12-15(20(9-23)24-27)7-16-11-26(3)25-21(16)19-6-5-18(22)8-17(19)13-28/h5-6,8,11-12,14,28H,4,7,10,13H2,1-3H3. The minimum Gasteiger partial charge on any atom is -0.392 e. The van der Waals surface area contributed by atoms with E-state index >= 15 is 0 Å². The van der Waals surface area contributed by atoms with Crippen molar-refractivity contribution < 1.29 is 9.50 Å². The topological polar surface area (TPSA) is 79.7 Å². The lowest BCUT2D eigenvalue weighted by atomic mass is 9.98. The van der Waals surface area contributed by atoms with Crippen LogP contribution in [0.25, 0.3) is 11.3 Å². The molecule has 2 aromatic heterocycles. The van der Waals surface area contributed by atoms with Gasteiger partial charge in [0.1, 0.15) is 11.9 Å². The van der Waals surface area contributed by atoms with Crippen LogP contribution in [0.1, 0.15) is 42.7 Å². The molecule has 0 saturated heterocycles. The summed E-state index contributed by atoms with van der Waals surface area (Å²) in [7, 11) is 1.81. The van der Waals surface area contributed by atoms with E-state index in [0.29, 0.717) is 34.9 Å². The predicted molar refractivity (Wildman–Crippen MR) is 104 cm³/mol. The van der Waals surface area contributed by atoms with Gasteiger partial charge in [-0.15, -0.1) is 0 Å². The lowest BCUT2D eigenvalue weighted by Crippen LogP contribution is -2.07. The van der Waals surface area contributed by atoms with Crippen LogP contribution in [-0.4, -0.2) is 24.7 Å². The SMILES string of the molecule is CCC(C)Cn1cc(Cc2cn(C)nc2-c2ccc(F)cc2CO)c(C#N)n1. The fourth-order valence-electron chi connectivity index (χ4n) is 3.25. The van der Waals surface area contributed by atoms with Gasteiger partial charge in [0.15, 0.2) is 5.69 Å². The van der Waals surface area contributed by atoms with Crippen molar-refractivity contribution in [2.75, 3.05) is 0 Å². The third-order valence-corrected chi connectivity index (χ3v) is 4.92. The summed E-state index contributed by atoms with van der Waals surface area (Å²) in [4.78, 5) is 0. The van der Waals surface area contributed by atoms with Crippen molar-refractivity contribution in [3.63, 3.8) is 0 Å². The molecule has 0 fully saturated rings. The Morgan fingerprint density at radius 1 is 1.21 bits per heavy atom. The number of hydrogen-bond acceptors (Lipinski definition) is 4. The second-order valence-electron chi connectivity index (χ2n) is 7.16. The van der Waals surface area contributed by atoms with Crippen LogP contribution in [0.3, 0.4) is 0 Å². The lowest BCUT2D eigenvalue weighted by molar-refractivity contribution is 0.281. The Morgan fingerprint density at radius 2 is 2.00 bits per heavy atom. The molecule has 0 bridgehead atoms. The Kier molecular flexibility index (Phi) is 5.90. The van der Waals surface area contributed by atoms with Crippen molar-refractivity contribution in [1.82, 2.24) is 19.6 Å². The molecule has 1 aromatic carbocycles. The normalized spacial score (nSPS) is 12.1. The van der Waals surface area contributed by atoms with E-state index in [9.17, 15) is 14.8 Å². The molecular weight excluding hydrogens is 357 g/mol. The second-order valence-corrected chi connectivity index (χ2v) is 7.16. The van der Waals surface area contributed by atoms with Gasteiger partial charge < -0.3 is 5.11 Å². The van der Waals surface area contributed by atoms with Crippen LogP contribution in [-0.2, 0) is 26.6 Å². The molecule has 0 spiro atoms. The average molecular weight is 381 g/mol. The Balaban J connectivity index is 1.98. The van der Waals surface area contributed by atoms with Crippen molar-refractivity contribution in [3.05, 3.63) is 58.8 Å². The first-order chi connectivity index (χ1) is 13.4. The average Bonchev–Trinajstić information content (AvgIpc) is 3.24. The predicted octanol–water partition coefficient (Wildman–Crippen LogP) is 3.42. The van der Waals surface area contributed by atoms with Gasteiger partial charge >= 0.3 is 0 Å². The molecule has 2 heterocycles. The van der Waals surface area contributed by atoms with Crippen molar-refractivity contribution in [2.45, 2.75) is 39.8 Å². The highest BCUT2D eigenvalue weighted by molar-refractivity contribution is 5.67. The number of halogens is 1. The smallest absolute Gasteiger partial charge is 0.165 e. The van der Waals surface area contributed by atoms with Crippen molar-refractivity contribution >= 4 is 0 Å². The number of aromatic nitrogens is 4. The maximum Gasteiger partial charge on any atom is 0.165 e. The molecule has 6 nitrogen and oxygen atoms in total. The Bertz CT molecular complexity index is 1010. The third kappa shape index (κ3) is 4.12. The van der Waals surface area contributed by atoms with Crippen molar-refractivity contribution in [1.29, 1.82) is 5.26 Å². The molecule has 3 aromatic rings. The van der Waals surface area contributed by atoms with E-state index in [1.807, 2.05) is 24.1 Å². The maximum absolute atomic E-state index is 13.6. The van der Waals surface area contributed by atoms with Crippen molar-refractivity contribution in [3.8, 4) is 17.3 Å². The summed E-state index contributed by atoms with van der Waals surface area (Å²) in [6.45, 7) is 4.76. The van der Waals surface area contributed by atoms with Gasteiger partial charge in [0, 0.05) is 49.1 Å². The molecule has 0 aliphatic carbocycles. The van der Waals surface area contributed by atoms with Crippen LogP contribution in [0.15, 0.2) is 30.6 Å². The number of rotatable bonds is 7. The summed E-state index contributed by atoms with van der Waals surface area (Å²) in [5.41, 5.74) is 3.96. The summed E-state index contributed by atoms with van der Waals surface area (Å²) in [5, 5.41) is 28.0. The third-order valence-electron chi connectivity index (χ3n) is 4.92. The summed E-state index contributed by atoms with van der Waals surface area (Å²) in [6, 6.07) is 6.48. The zero-order valence-electron chi connectivity index (χ0n) is 16.4. The molecule has 7 heteroatoms. The van der Waals surface area contributed by atoms with Crippen LogP contribution in [0.4, 0.5) is 4.39 Å². The van der Waals surface area contributed by atoms with Crippen LogP contribution in [0.2, 0.25) is 0 Å². The second kappa shape index (κ2) is 8.36. The number of benzene rings is 1. The van der Waals surface area contributed by atoms with Crippen LogP contribution < -0.4 is 0 Å². The Labute approximate surface area is 163 Å². The lowest BCUT2D eigenvalue weighted by Gasteiger charge is -2.08. The quantitative estimate of drug-likeness (QED) is 0.680. The molecule has 0 aliphatic rings. The molecule has 1 atom stereocenters. The van der Waals surface area contributed by atoms with E-state index in [2.05, 4.69) is 30.1 Å². The van der Waals surface area contributed by atoms with Gasteiger partial charge in [-0.3, -0.25) is 9.36 Å². The molecule has 146 valence electrons. The van der Waals surface area contributed by atoms with Crippen LogP contribution >= 0.6 is 0 Å². The number of nitrogens with zero attached hydrogens (tertiary/aromatic N) is 5. The first kappa shape index (κ1) is 19.8. The van der Waals surface area contributed by atoms with E-state index in [-0.39, 0.29) is 6.61 Å². The largest absolute Gasteiger partial charge is 0.392 e. The number of aryl methyl sites for hydroxylation is 1. The van der Waals surface area contributed by atoms with Gasteiger partial charge in [-0.05, 0) is 29.7 Å². The number of hydrogen-bond donors (Lipinski definition) is 1. The van der Waals surface area contributed by atoms with Crippen molar-refractivity contribution in [2.24, 2.45) is 13.0 Å². The fraction of sp³-hybridized carbons (Fsp3) is 0.381. The highest BCUT2D eigenvalue weighted by atomic mass is 19.1. The van der Waals surface area contributed by atoms with Gasteiger partial charge in [0.2, 0.25) is 0 Å². The van der Waals surface area contributed by atoms with E-state index in [0.717, 1.165) is 24.1 Å². The van der Waals surface area contributed by atoms with Crippen LogP contribution in [0.5, 0.6) is 0 Å². The summed E-state index contributed by atoms with van der Waals surface area (Å²) in [5.74, 6) is 0.0722. The summed E-state index contributed by atoms with van der Waals surface area (Å²) in [6.07, 6.45) is 5.32. The summed E-state index contributed by atoms with van der Waals surface area (Å²) >= 11 is 0. The Morgan fingerprint density at radius 3 is 2.68 bits per heavy atom. The number of aliphatic hydroxyl groups is 1. The highest BCUT2D eigenvalue weighted by Crippen LogP contribution is 2.28. The minimum absolute atomic E-state index is 0.278. The Hall–Kier alpha value is -2.98. The van der Waals surface area contributed by atoms with Gasteiger partial charge in [0.25, 0.3) is 0 Å². The van der Waals surface area contributed by atoms with E-state index < -0.39 is 5.82 Å². The van der Waals surface area contributed by atoms with Gasteiger partial charge in [-0.2, -0.15) is 15.5 Å². The first-order valence-electron chi connectivity index (χ1n) is 9.33. The zero-order chi connectivity index (χ0) is 20.3. The zero-order valence-corrected chi connectivity index (χ0v) is 16.4. The maximum atomic E-state index is 13.6. The highest BCUT2D eigenvalue weighted by Gasteiger charge is 2.18. The number of nitriles is 1.